The molecule has 0 aliphatic carbocycles. The molecule has 1 aromatic carbocycles. The summed E-state index contributed by atoms with van der Waals surface area (Å²) in [7, 11) is 1.62. The molecule has 2 rings (SSSR count). The quantitative estimate of drug-likeness (QED) is 0.817. The summed E-state index contributed by atoms with van der Waals surface area (Å²) in [5.41, 5.74) is 6.29. The first-order valence-corrected chi connectivity index (χ1v) is 5.98. The average molecular weight is 250 g/mol. The predicted octanol–water partition coefficient (Wildman–Crippen LogP) is 0.997. The lowest BCUT2D eigenvalue weighted by atomic mass is 9.98. The first kappa shape index (κ1) is 12.7. The molecule has 1 heterocycles. The zero-order chi connectivity index (χ0) is 13.0. The molecule has 3 N–H and O–H groups in total. The Balaban J connectivity index is 2.05. The smallest absolute Gasteiger partial charge is 0.240 e. The number of nitrogens with one attached hydrogen (secondary N) is 1. The van der Waals surface area contributed by atoms with Crippen LogP contribution >= 0.6 is 0 Å². The zero-order valence-corrected chi connectivity index (χ0v) is 10.4. The number of hydrogen-bond donors (Lipinski definition) is 2. The zero-order valence-electron chi connectivity index (χ0n) is 10.4. The summed E-state index contributed by atoms with van der Waals surface area (Å²) in [6.07, 6.45) is 0.858. The van der Waals surface area contributed by atoms with Crippen LogP contribution in [0.5, 0.6) is 5.75 Å². The van der Waals surface area contributed by atoms with Gasteiger partial charge in [0.2, 0.25) is 5.91 Å². The molecule has 0 saturated carbocycles. The number of anilines is 1. The van der Waals surface area contributed by atoms with E-state index in [-0.39, 0.29) is 17.9 Å². The molecule has 98 valence electrons. The Morgan fingerprint density at radius 3 is 2.72 bits per heavy atom. The van der Waals surface area contributed by atoms with Gasteiger partial charge in [0.15, 0.2) is 0 Å². The molecule has 1 aliphatic heterocycles. The maximum Gasteiger partial charge on any atom is 0.240 e. The first-order valence-electron chi connectivity index (χ1n) is 5.98. The Kier molecular flexibility index (Phi) is 4.04. The standard InChI is InChI=1S/C13H18N2O3/c1-17-11-4-2-10(3-5-11)15-12(13(14)16)9-6-7-18-8-9/h2-5,9,12,15H,6-8H2,1H3,(H2,14,16). The maximum atomic E-state index is 11.5. The fourth-order valence-corrected chi connectivity index (χ4v) is 2.10. The van der Waals surface area contributed by atoms with E-state index in [1.807, 2.05) is 24.3 Å². The molecule has 1 aliphatic rings. The summed E-state index contributed by atoms with van der Waals surface area (Å²) in [4.78, 5) is 11.5. The summed E-state index contributed by atoms with van der Waals surface area (Å²) < 4.78 is 10.4. The van der Waals surface area contributed by atoms with Crippen LogP contribution in [0.3, 0.4) is 0 Å². The SMILES string of the molecule is COc1ccc(NC(C(N)=O)C2CCOC2)cc1. The van der Waals surface area contributed by atoms with Crippen LogP contribution < -0.4 is 15.8 Å². The minimum absolute atomic E-state index is 0.143. The minimum Gasteiger partial charge on any atom is -0.497 e. The van der Waals surface area contributed by atoms with Crippen molar-refractivity contribution in [1.29, 1.82) is 0 Å². The summed E-state index contributed by atoms with van der Waals surface area (Å²) in [6, 6.07) is 7.02. The molecule has 0 radical (unpaired) electrons. The van der Waals surface area contributed by atoms with E-state index in [9.17, 15) is 4.79 Å². The Hall–Kier alpha value is -1.75. The van der Waals surface area contributed by atoms with Crippen molar-refractivity contribution in [2.75, 3.05) is 25.6 Å². The highest BCUT2D eigenvalue weighted by Crippen LogP contribution is 2.22. The molecule has 5 heteroatoms. The van der Waals surface area contributed by atoms with Crippen molar-refractivity contribution in [2.24, 2.45) is 11.7 Å². The van der Waals surface area contributed by atoms with Gasteiger partial charge < -0.3 is 20.5 Å². The van der Waals surface area contributed by atoms with Gasteiger partial charge in [-0.1, -0.05) is 0 Å². The molecule has 1 fully saturated rings. The molecule has 18 heavy (non-hydrogen) atoms. The number of amides is 1. The van der Waals surface area contributed by atoms with Crippen molar-refractivity contribution in [1.82, 2.24) is 0 Å². The van der Waals surface area contributed by atoms with Gasteiger partial charge in [0.1, 0.15) is 11.8 Å². The highest BCUT2D eigenvalue weighted by molar-refractivity contribution is 5.83. The lowest BCUT2D eigenvalue weighted by molar-refractivity contribution is -0.119. The number of carbonyl (C=O) groups excluding carboxylic acids is 1. The molecular formula is C13H18N2O3. The second kappa shape index (κ2) is 5.73. The first-order chi connectivity index (χ1) is 8.70. The molecule has 1 aromatic rings. The van der Waals surface area contributed by atoms with Crippen LogP contribution in [0.1, 0.15) is 6.42 Å². The topological polar surface area (TPSA) is 73.6 Å². The molecule has 2 unspecified atom stereocenters. The summed E-state index contributed by atoms with van der Waals surface area (Å²) >= 11 is 0. The normalized spacial score (nSPS) is 20.4. The van der Waals surface area contributed by atoms with E-state index in [1.54, 1.807) is 7.11 Å². The van der Waals surface area contributed by atoms with Gasteiger partial charge in [0.05, 0.1) is 13.7 Å². The van der Waals surface area contributed by atoms with E-state index in [2.05, 4.69) is 5.32 Å². The van der Waals surface area contributed by atoms with Gasteiger partial charge in [-0.05, 0) is 30.7 Å². The molecule has 1 saturated heterocycles. The molecular weight excluding hydrogens is 232 g/mol. The largest absolute Gasteiger partial charge is 0.497 e. The number of methoxy groups -OCH3 is 1. The number of rotatable bonds is 5. The second-order valence-corrected chi connectivity index (χ2v) is 4.38. The van der Waals surface area contributed by atoms with Crippen LogP contribution in [0.15, 0.2) is 24.3 Å². The Morgan fingerprint density at radius 2 is 2.22 bits per heavy atom. The van der Waals surface area contributed by atoms with E-state index in [1.165, 1.54) is 0 Å². The maximum absolute atomic E-state index is 11.5. The van der Waals surface area contributed by atoms with Gasteiger partial charge >= 0.3 is 0 Å². The molecule has 2 atom stereocenters. The number of carbonyl (C=O) groups is 1. The van der Waals surface area contributed by atoms with Crippen molar-refractivity contribution in [3.8, 4) is 5.75 Å². The van der Waals surface area contributed by atoms with Crippen molar-refractivity contribution < 1.29 is 14.3 Å². The van der Waals surface area contributed by atoms with Gasteiger partial charge in [-0.2, -0.15) is 0 Å². The summed E-state index contributed by atoms with van der Waals surface area (Å²) in [5, 5.41) is 3.16. The third-order valence-electron chi connectivity index (χ3n) is 3.16. The number of ether oxygens (including phenoxy) is 2. The number of benzene rings is 1. The van der Waals surface area contributed by atoms with E-state index >= 15 is 0 Å². The molecule has 5 nitrogen and oxygen atoms in total. The molecule has 0 bridgehead atoms. The third kappa shape index (κ3) is 2.92. The van der Waals surface area contributed by atoms with Crippen molar-refractivity contribution in [2.45, 2.75) is 12.5 Å². The molecule has 1 amide bonds. The van der Waals surface area contributed by atoms with Crippen LogP contribution in [-0.4, -0.2) is 32.3 Å². The van der Waals surface area contributed by atoms with Gasteiger partial charge in [-0.15, -0.1) is 0 Å². The average Bonchev–Trinajstić information content (AvgIpc) is 2.90. The van der Waals surface area contributed by atoms with E-state index < -0.39 is 0 Å². The van der Waals surface area contributed by atoms with Gasteiger partial charge in [0.25, 0.3) is 0 Å². The van der Waals surface area contributed by atoms with E-state index in [0.29, 0.717) is 13.2 Å². The van der Waals surface area contributed by atoms with Crippen LogP contribution in [0.4, 0.5) is 5.69 Å². The van der Waals surface area contributed by atoms with Crippen LogP contribution in [0.2, 0.25) is 0 Å². The lowest BCUT2D eigenvalue weighted by Crippen LogP contribution is -2.41. The Bertz CT molecular complexity index is 399. The monoisotopic (exact) mass is 250 g/mol. The summed E-state index contributed by atoms with van der Waals surface area (Å²) in [6.45, 7) is 1.27. The van der Waals surface area contributed by atoms with Crippen molar-refractivity contribution in [3.63, 3.8) is 0 Å². The predicted molar refractivity (Wildman–Crippen MR) is 68.5 cm³/mol. The Morgan fingerprint density at radius 1 is 1.50 bits per heavy atom. The van der Waals surface area contributed by atoms with E-state index in [0.717, 1.165) is 17.9 Å². The van der Waals surface area contributed by atoms with Gasteiger partial charge in [0, 0.05) is 18.2 Å². The third-order valence-corrected chi connectivity index (χ3v) is 3.16. The molecule has 0 spiro atoms. The minimum atomic E-state index is -0.388. The van der Waals surface area contributed by atoms with Crippen molar-refractivity contribution >= 4 is 11.6 Å². The van der Waals surface area contributed by atoms with Crippen molar-refractivity contribution in [3.05, 3.63) is 24.3 Å². The highest BCUT2D eigenvalue weighted by Gasteiger charge is 2.29. The number of nitrogens with two attached hydrogens (primary N) is 1. The Labute approximate surface area is 106 Å². The lowest BCUT2D eigenvalue weighted by Gasteiger charge is -2.21. The highest BCUT2D eigenvalue weighted by atomic mass is 16.5. The van der Waals surface area contributed by atoms with Gasteiger partial charge in [-0.25, -0.2) is 0 Å². The van der Waals surface area contributed by atoms with Gasteiger partial charge in [-0.3, -0.25) is 4.79 Å². The number of primary amides is 1. The molecule has 0 aromatic heterocycles. The van der Waals surface area contributed by atoms with E-state index in [4.69, 9.17) is 15.2 Å². The second-order valence-electron chi connectivity index (χ2n) is 4.38. The van der Waals surface area contributed by atoms with Crippen LogP contribution in [0.25, 0.3) is 0 Å². The van der Waals surface area contributed by atoms with Crippen LogP contribution in [0, 0.1) is 5.92 Å². The van der Waals surface area contributed by atoms with Crippen LogP contribution in [-0.2, 0) is 9.53 Å². The fraction of sp³-hybridized carbons (Fsp3) is 0.462. The fourth-order valence-electron chi connectivity index (χ4n) is 2.10. The summed E-state index contributed by atoms with van der Waals surface area (Å²) in [5.74, 6) is 0.575. The number of hydrogen-bond acceptors (Lipinski definition) is 4.